The number of benzene rings is 1. The second kappa shape index (κ2) is 6.67. The molecule has 1 aliphatic heterocycles. The van der Waals surface area contributed by atoms with Crippen molar-refractivity contribution in [2.24, 2.45) is 5.92 Å². The lowest BCUT2D eigenvalue weighted by Gasteiger charge is -2.29. The first-order chi connectivity index (χ1) is 10.6. The maximum absolute atomic E-state index is 11.1. The molecule has 1 aliphatic carbocycles. The van der Waals surface area contributed by atoms with Crippen LogP contribution < -0.4 is 5.32 Å². The summed E-state index contributed by atoms with van der Waals surface area (Å²) in [7, 11) is 0. The molecule has 5 nitrogen and oxygen atoms in total. The molecule has 2 atom stereocenters. The third-order valence-corrected chi connectivity index (χ3v) is 4.68. The molecule has 0 aromatic heterocycles. The zero-order chi connectivity index (χ0) is 15.5. The number of carbonyl (C=O) groups is 1. The molecule has 1 aromatic carbocycles. The summed E-state index contributed by atoms with van der Waals surface area (Å²) in [5, 5.41) is 22.4. The maximum atomic E-state index is 11.1. The highest BCUT2D eigenvalue weighted by Gasteiger charge is 2.25. The first-order valence-corrected chi connectivity index (χ1v) is 8.06. The molecule has 1 fully saturated rings. The van der Waals surface area contributed by atoms with E-state index >= 15 is 0 Å². The van der Waals surface area contributed by atoms with E-state index < -0.39 is 5.97 Å². The van der Waals surface area contributed by atoms with E-state index in [4.69, 9.17) is 9.84 Å². The van der Waals surface area contributed by atoms with Gasteiger partial charge in [-0.25, -0.2) is 4.79 Å². The molecule has 0 spiro atoms. The Morgan fingerprint density at radius 3 is 2.91 bits per heavy atom. The molecule has 2 aliphatic rings. The Morgan fingerprint density at radius 1 is 1.32 bits per heavy atom. The van der Waals surface area contributed by atoms with Crippen LogP contribution in [0.4, 0.5) is 0 Å². The van der Waals surface area contributed by atoms with E-state index in [9.17, 15) is 9.90 Å². The molecule has 5 heteroatoms. The van der Waals surface area contributed by atoms with Gasteiger partial charge in [-0.15, -0.1) is 0 Å². The van der Waals surface area contributed by atoms with Gasteiger partial charge in [-0.3, -0.25) is 0 Å². The average molecular weight is 305 g/mol. The van der Waals surface area contributed by atoms with Crippen molar-refractivity contribution in [3.05, 3.63) is 28.8 Å². The van der Waals surface area contributed by atoms with E-state index in [0.29, 0.717) is 5.92 Å². The number of phenols is 1. The lowest BCUT2D eigenvalue weighted by Crippen LogP contribution is -2.32. The first kappa shape index (κ1) is 15.3. The van der Waals surface area contributed by atoms with Gasteiger partial charge in [0, 0.05) is 6.54 Å². The van der Waals surface area contributed by atoms with Gasteiger partial charge >= 0.3 is 5.97 Å². The minimum Gasteiger partial charge on any atom is -0.507 e. The molecule has 3 rings (SSSR count). The Hall–Kier alpha value is -1.59. The summed E-state index contributed by atoms with van der Waals surface area (Å²) in [6.45, 7) is 2.82. The molecular weight excluding hydrogens is 282 g/mol. The summed E-state index contributed by atoms with van der Waals surface area (Å²) in [6, 6.07) is 3.19. The van der Waals surface area contributed by atoms with Crippen molar-refractivity contribution >= 4 is 5.97 Å². The maximum Gasteiger partial charge on any atom is 0.339 e. The van der Waals surface area contributed by atoms with Crippen LogP contribution in [-0.2, 0) is 11.2 Å². The van der Waals surface area contributed by atoms with Crippen molar-refractivity contribution in [2.75, 3.05) is 19.7 Å². The SMILES string of the molecule is O=C(O)c1cc2c(cc1O)C(OCC1CCCNC1)CCC2. The summed E-state index contributed by atoms with van der Waals surface area (Å²) in [5.74, 6) is -0.705. The van der Waals surface area contributed by atoms with Crippen LogP contribution in [0.2, 0.25) is 0 Å². The smallest absolute Gasteiger partial charge is 0.339 e. The highest BCUT2D eigenvalue weighted by Crippen LogP contribution is 2.36. The second-order valence-corrected chi connectivity index (χ2v) is 6.30. The van der Waals surface area contributed by atoms with Gasteiger partial charge in [-0.2, -0.15) is 0 Å². The van der Waals surface area contributed by atoms with Crippen molar-refractivity contribution < 1.29 is 19.7 Å². The van der Waals surface area contributed by atoms with Crippen molar-refractivity contribution in [1.29, 1.82) is 0 Å². The normalized spacial score (nSPS) is 24.7. The number of nitrogens with one attached hydrogen (secondary N) is 1. The number of carboxylic acids is 1. The standard InChI is InChI=1S/C17H23NO4/c19-15-8-13-12(7-14(15)17(20)21)4-1-5-16(13)22-10-11-3-2-6-18-9-11/h7-8,11,16,18-19H,1-6,9-10H2,(H,20,21). The molecule has 0 amide bonds. The minimum atomic E-state index is -1.09. The Labute approximate surface area is 130 Å². The number of rotatable bonds is 4. The fourth-order valence-corrected chi connectivity index (χ4v) is 3.46. The van der Waals surface area contributed by atoms with Crippen LogP contribution in [-0.4, -0.2) is 35.9 Å². The van der Waals surface area contributed by atoms with Crippen LogP contribution in [0.15, 0.2) is 12.1 Å². The topological polar surface area (TPSA) is 78.8 Å². The Bertz CT molecular complexity index is 552. The van der Waals surface area contributed by atoms with Crippen LogP contribution in [0, 0.1) is 5.92 Å². The van der Waals surface area contributed by atoms with Gasteiger partial charge in [0.15, 0.2) is 0 Å². The molecule has 2 unspecified atom stereocenters. The van der Waals surface area contributed by atoms with Gasteiger partial charge in [0.2, 0.25) is 0 Å². The molecular formula is C17H23NO4. The van der Waals surface area contributed by atoms with Crippen molar-refractivity contribution in [3.63, 3.8) is 0 Å². The number of hydrogen-bond acceptors (Lipinski definition) is 4. The lowest BCUT2D eigenvalue weighted by molar-refractivity contribution is 0.0129. The third-order valence-electron chi connectivity index (χ3n) is 4.68. The van der Waals surface area contributed by atoms with E-state index in [1.807, 2.05) is 0 Å². The largest absolute Gasteiger partial charge is 0.507 e. The quantitative estimate of drug-likeness (QED) is 0.796. The average Bonchev–Trinajstić information content (AvgIpc) is 2.53. The number of aromatic hydroxyl groups is 1. The summed E-state index contributed by atoms with van der Waals surface area (Å²) < 4.78 is 6.11. The zero-order valence-electron chi connectivity index (χ0n) is 12.7. The van der Waals surface area contributed by atoms with E-state index in [1.165, 1.54) is 12.8 Å². The predicted octanol–water partition coefficient (Wildman–Crippen LogP) is 2.48. The number of aryl methyl sites for hydroxylation is 1. The molecule has 0 bridgehead atoms. The highest BCUT2D eigenvalue weighted by molar-refractivity contribution is 5.91. The number of fused-ring (bicyclic) bond motifs is 1. The van der Waals surface area contributed by atoms with Crippen LogP contribution in [0.3, 0.4) is 0 Å². The van der Waals surface area contributed by atoms with Gasteiger partial charge < -0.3 is 20.3 Å². The summed E-state index contributed by atoms with van der Waals surface area (Å²) in [6.07, 6.45) is 5.12. The van der Waals surface area contributed by atoms with Crippen molar-refractivity contribution in [1.82, 2.24) is 5.32 Å². The lowest BCUT2D eigenvalue weighted by atomic mass is 9.87. The minimum absolute atomic E-state index is 0.0177. The van der Waals surface area contributed by atoms with Crippen LogP contribution in [0.25, 0.3) is 0 Å². The molecule has 1 saturated heterocycles. The summed E-state index contributed by atoms with van der Waals surface area (Å²) >= 11 is 0. The van der Waals surface area contributed by atoms with Gasteiger partial charge in [0.1, 0.15) is 11.3 Å². The second-order valence-electron chi connectivity index (χ2n) is 6.30. The van der Waals surface area contributed by atoms with Gasteiger partial charge in [0.25, 0.3) is 0 Å². The monoisotopic (exact) mass is 305 g/mol. The molecule has 0 saturated carbocycles. The van der Waals surface area contributed by atoms with Gasteiger partial charge in [-0.1, -0.05) is 0 Å². The van der Waals surface area contributed by atoms with Crippen LogP contribution in [0.1, 0.15) is 53.3 Å². The Kier molecular flexibility index (Phi) is 4.64. The van der Waals surface area contributed by atoms with Crippen LogP contribution in [0.5, 0.6) is 5.75 Å². The van der Waals surface area contributed by atoms with Crippen molar-refractivity contribution in [3.8, 4) is 5.75 Å². The fourth-order valence-electron chi connectivity index (χ4n) is 3.46. The van der Waals surface area contributed by atoms with Gasteiger partial charge in [-0.05, 0) is 67.8 Å². The number of carboxylic acid groups (broad SMARTS) is 1. The molecule has 1 heterocycles. The first-order valence-electron chi connectivity index (χ1n) is 8.06. The van der Waals surface area contributed by atoms with E-state index in [0.717, 1.165) is 50.1 Å². The number of ether oxygens (including phenoxy) is 1. The molecule has 120 valence electrons. The molecule has 1 aromatic rings. The number of aromatic carboxylic acids is 1. The molecule has 22 heavy (non-hydrogen) atoms. The zero-order valence-corrected chi connectivity index (χ0v) is 12.7. The third kappa shape index (κ3) is 3.25. The van der Waals surface area contributed by atoms with Gasteiger partial charge in [0.05, 0.1) is 12.7 Å². The van der Waals surface area contributed by atoms with E-state index in [-0.39, 0.29) is 17.4 Å². The number of piperidine rings is 1. The Morgan fingerprint density at radius 2 is 2.18 bits per heavy atom. The van der Waals surface area contributed by atoms with E-state index in [1.54, 1.807) is 12.1 Å². The summed E-state index contributed by atoms with van der Waals surface area (Å²) in [4.78, 5) is 11.1. The fraction of sp³-hybridized carbons (Fsp3) is 0.588. The molecule has 3 N–H and O–H groups in total. The van der Waals surface area contributed by atoms with Crippen LogP contribution >= 0.6 is 0 Å². The number of hydrogen-bond donors (Lipinski definition) is 3. The highest BCUT2D eigenvalue weighted by atomic mass is 16.5. The molecule has 0 radical (unpaired) electrons. The van der Waals surface area contributed by atoms with E-state index in [2.05, 4.69) is 5.32 Å². The van der Waals surface area contributed by atoms with Crippen molar-refractivity contribution in [2.45, 2.75) is 38.2 Å². The summed E-state index contributed by atoms with van der Waals surface area (Å²) in [5.41, 5.74) is 1.93. The predicted molar refractivity (Wildman–Crippen MR) is 82.3 cm³/mol. The Balaban J connectivity index is 1.73.